The van der Waals surface area contributed by atoms with E-state index >= 15 is 0 Å². The Morgan fingerprint density at radius 3 is 2.56 bits per heavy atom. The number of amides is 1. The average Bonchev–Trinajstić information content (AvgIpc) is 3.03. The van der Waals surface area contributed by atoms with Gasteiger partial charge in [0.05, 0.1) is 36.6 Å². The lowest BCUT2D eigenvalue weighted by molar-refractivity contribution is 0.0194. The Morgan fingerprint density at radius 2 is 2.00 bits per heavy atom. The van der Waals surface area contributed by atoms with Crippen molar-refractivity contribution < 1.29 is 14.6 Å². The second-order valence-electron chi connectivity index (χ2n) is 6.88. The molecule has 25 heavy (non-hydrogen) atoms. The van der Waals surface area contributed by atoms with E-state index in [9.17, 15) is 9.90 Å². The van der Waals surface area contributed by atoms with E-state index in [1.165, 1.54) is 4.80 Å². The fraction of sp³-hybridized carbons (Fsp3) is 0.600. The second-order valence-corrected chi connectivity index (χ2v) is 7.63. The topological polar surface area (TPSA) is 98.3 Å². The van der Waals surface area contributed by atoms with Crippen molar-refractivity contribution in [3.05, 3.63) is 16.0 Å². The number of aryl methyl sites for hydroxylation is 1. The minimum atomic E-state index is -0.554. The summed E-state index contributed by atoms with van der Waals surface area (Å²) >= 11 is 3.40. The normalized spacial score (nSPS) is 14.6. The van der Waals surface area contributed by atoms with Crippen LogP contribution in [0.15, 0.2) is 4.60 Å². The summed E-state index contributed by atoms with van der Waals surface area (Å²) in [5.74, 6) is 0. The molecule has 0 unspecified atom stereocenters. The summed E-state index contributed by atoms with van der Waals surface area (Å²) in [4.78, 5) is 15.5. The molecule has 0 aromatic carbocycles. The van der Waals surface area contributed by atoms with Gasteiger partial charge in [-0.3, -0.25) is 4.68 Å². The molecule has 9 nitrogen and oxygen atoms in total. The maximum atomic E-state index is 12.4. The molecule has 10 heteroatoms. The number of aliphatic hydroxyl groups excluding tert-OH is 1. The Morgan fingerprint density at radius 1 is 1.28 bits per heavy atom. The fourth-order valence-corrected chi connectivity index (χ4v) is 3.28. The molecule has 0 saturated heterocycles. The van der Waals surface area contributed by atoms with Crippen molar-refractivity contribution in [3.63, 3.8) is 0 Å². The van der Waals surface area contributed by atoms with Gasteiger partial charge in [-0.15, -0.1) is 5.10 Å². The molecule has 2 aromatic rings. The van der Waals surface area contributed by atoms with Crippen LogP contribution in [0.4, 0.5) is 4.79 Å². The molecular formula is C15H21BrN6O3. The Bertz CT molecular complexity index is 807. The lowest BCUT2D eigenvalue weighted by atomic mass is 10.1. The molecule has 0 atom stereocenters. The summed E-state index contributed by atoms with van der Waals surface area (Å²) in [6.45, 7) is 6.65. The van der Waals surface area contributed by atoms with Gasteiger partial charge in [-0.2, -0.15) is 15.0 Å². The number of fused-ring (bicyclic) bond motifs is 1. The van der Waals surface area contributed by atoms with Crippen molar-refractivity contribution in [2.24, 2.45) is 7.05 Å². The smallest absolute Gasteiger partial charge is 0.410 e. The van der Waals surface area contributed by atoms with E-state index in [1.807, 2.05) is 25.5 Å². The lowest BCUT2D eigenvalue weighted by Gasteiger charge is -2.30. The summed E-state index contributed by atoms with van der Waals surface area (Å²) in [6.07, 6.45) is -0.366. The van der Waals surface area contributed by atoms with Crippen LogP contribution in [0.2, 0.25) is 0 Å². The number of carbonyl (C=O) groups is 1. The van der Waals surface area contributed by atoms with Gasteiger partial charge in [0.2, 0.25) is 0 Å². The van der Waals surface area contributed by atoms with E-state index in [-0.39, 0.29) is 12.7 Å². The number of hydrogen-bond acceptors (Lipinski definition) is 6. The van der Waals surface area contributed by atoms with Gasteiger partial charge >= 0.3 is 6.09 Å². The highest BCUT2D eigenvalue weighted by Crippen LogP contribution is 2.33. The number of ether oxygens (including phenoxy) is 1. The Kier molecular flexibility index (Phi) is 4.58. The number of aromatic nitrogens is 5. The van der Waals surface area contributed by atoms with Crippen LogP contribution in [-0.2, 0) is 31.5 Å². The van der Waals surface area contributed by atoms with Gasteiger partial charge in [0.15, 0.2) is 4.60 Å². The number of hydrogen-bond donors (Lipinski definition) is 1. The van der Waals surface area contributed by atoms with Crippen LogP contribution >= 0.6 is 15.9 Å². The zero-order chi connectivity index (χ0) is 18.4. The molecule has 1 aliphatic rings. The molecule has 1 N–H and O–H groups in total. The van der Waals surface area contributed by atoms with Crippen molar-refractivity contribution in [3.8, 4) is 11.3 Å². The summed E-state index contributed by atoms with van der Waals surface area (Å²) in [6, 6.07) is 0. The minimum absolute atomic E-state index is 0.217. The Balaban J connectivity index is 1.97. The van der Waals surface area contributed by atoms with Gasteiger partial charge < -0.3 is 14.7 Å². The highest BCUT2D eigenvalue weighted by atomic mass is 79.9. The summed E-state index contributed by atoms with van der Waals surface area (Å²) < 4.78 is 7.84. The third kappa shape index (κ3) is 3.54. The highest BCUT2D eigenvalue weighted by molar-refractivity contribution is 9.10. The molecule has 2 aromatic heterocycles. The number of carbonyl (C=O) groups excluding carboxylic acids is 1. The Hall–Kier alpha value is -1.94. The molecule has 3 heterocycles. The maximum Gasteiger partial charge on any atom is 0.410 e. The first-order valence-electron chi connectivity index (χ1n) is 7.94. The molecule has 3 rings (SSSR count). The zero-order valence-corrected chi connectivity index (χ0v) is 16.2. The van der Waals surface area contributed by atoms with E-state index in [4.69, 9.17) is 4.74 Å². The second kappa shape index (κ2) is 6.41. The highest BCUT2D eigenvalue weighted by Gasteiger charge is 2.31. The van der Waals surface area contributed by atoms with E-state index in [2.05, 4.69) is 31.2 Å². The van der Waals surface area contributed by atoms with Gasteiger partial charge in [-0.1, -0.05) is 0 Å². The largest absolute Gasteiger partial charge is 0.444 e. The van der Waals surface area contributed by atoms with Crippen LogP contribution in [0.25, 0.3) is 11.3 Å². The van der Waals surface area contributed by atoms with E-state index in [0.29, 0.717) is 41.2 Å². The van der Waals surface area contributed by atoms with Crippen molar-refractivity contribution in [2.75, 3.05) is 6.54 Å². The lowest BCUT2D eigenvalue weighted by Crippen LogP contribution is -2.41. The molecule has 0 fully saturated rings. The molecule has 0 radical (unpaired) electrons. The maximum absolute atomic E-state index is 12.4. The summed E-state index contributed by atoms with van der Waals surface area (Å²) in [5.41, 5.74) is 2.07. The number of aliphatic hydroxyl groups is 1. The van der Waals surface area contributed by atoms with Crippen LogP contribution in [0.3, 0.4) is 0 Å². The quantitative estimate of drug-likeness (QED) is 0.805. The Labute approximate surface area is 153 Å². The summed E-state index contributed by atoms with van der Waals surface area (Å²) in [7, 11) is 1.72. The third-order valence-electron chi connectivity index (χ3n) is 3.76. The molecule has 0 bridgehead atoms. The van der Waals surface area contributed by atoms with Gasteiger partial charge in [0.25, 0.3) is 0 Å². The SMILES string of the molecule is Cn1nc(Br)c(-c2c(CO)nn3c2CN(C(=O)OC(C)(C)C)CC3)n1. The molecule has 0 saturated carbocycles. The van der Waals surface area contributed by atoms with Crippen molar-refractivity contribution in [2.45, 2.75) is 46.1 Å². The van der Waals surface area contributed by atoms with Crippen LogP contribution in [0.5, 0.6) is 0 Å². The third-order valence-corrected chi connectivity index (χ3v) is 4.30. The van der Waals surface area contributed by atoms with Crippen LogP contribution in [0, 0.1) is 0 Å². The molecule has 136 valence electrons. The standard InChI is InChI=1S/C15H21BrN6O3/c1-15(2,3)25-14(24)21-5-6-22-10(7-21)11(9(8-23)17-22)12-13(16)19-20(4)18-12/h23H,5-8H2,1-4H3. The average molecular weight is 413 g/mol. The van der Waals surface area contributed by atoms with Gasteiger partial charge in [0.1, 0.15) is 11.3 Å². The van der Waals surface area contributed by atoms with Gasteiger partial charge in [-0.25, -0.2) is 4.79 Å². The zero-order valence-electron chi connectivity index (χ0n) is 14.7. The first-order chi connectivity index (χ1) is 11.7. The molecule has 0 aliphatic carbocycles. The predicted octanol–water partition coefficient (Wildman–Crippen LogP) is 1.68. The molecule has 0 spiro atoms. The molecule has 1 aliphatic heterocycles. The summed E-state index contributed by atoms with van der Waals surface area (Å²) in [5, 5.41) is 22.7. The van der Waals surface area contributed by atoms with Crippen molar-refractivity contribution in [1.82, 2.24) is 29.7 Å². The minimum Gasteiger partial charge on any atom is -0.444 e. The van der Waals surface area contributed by atoms with Crippen LogP contribution in [-0.4, -0.2) is 53.0 Å². The van der Waals surface area contributed by atoms with E-state index in [1.54, 1.807) is 11.9 Å². The first-order valence-corrected chi connectivity index (χ1v) is 8.73. The number of nitrogens with zero attached hydrogens (tertiary/aromatic N) is 6. The van der Waals surface area contributed by atoms with Gasteiger partial charge in [-0.05, 0) is 36.7 Å². The van der Waals surface area contributed by atoms with E-state index in [0.717, 1.165) is 5.69 Å². The first kappa shape index (κ1) is 17.9. The van der Waals surface area contributed by atoms with Gasteiger partial charge in [0, 0.05) is 13.6 Å². The number of rotatable bonds is 2. The fourth-order valence-electron chi connectivity index (χ4n) is 2.77. The van der Waals surface area contributed by atoms with Crippen LogP contribution < -0.4 is 0 Å². The predicted molar refractivity (Wildman–Crippen MR) is 92.5 cm³/mol. The van der Waals surface area contributed by atoms with E-state index < -0.39 is 5.60 Å². The number of halogens is 1. The monoisotopic (exact) mass is 412 g/mol. The van der Waals surface area contributed by atoms with Crippen molar-refractivity contribution in [1.29, 1.82) is 0 Å². The molecule has 1 amide bonds. The van der Waals surface area contributed by atoms with Crippen molar-refractivity contribution >= 4 is 22.0 Å². The molecular weight excluding hydrogens is 392 g/mol. The van der Waals surface area contributed by atoms with Crippen LogP contribution in [0.1, 0.15) is 32.2 Å².